The molecule has 0 atom stereocenters. The summed E-state index contributed by atoms with van der Waals surface area (Å²) in [6.45, 7) is 0. The molecule has 5 aromatic carbocycles. The van der Waals surface area contributed by atoms with Crippen molar-refractivity contribution in [1.29, 1.82) is 0 Å². The number of aromatic nitrogens is 2. The van der Waals surface area contributed by atoms with Gasteiger partial charge in [0.1, 0.15) is 5.82 Å². The third-order valence-corrected chi connectivity index (χ3v) is 6.60. The van der Waals surface area contributed by atoms with E-state index in [9.17, 15) is 0 Å². The van der Waals surface area contributed by atoms with Crippen LogP contribution in [0.1, 0.15) is 0 Å². The second kappa shape index (κ2) is 6.81. The average molecular weight is 426 g/mol. The highest BCUT2D eigenvalue weighted by molar-refractivity contribution is 6.14. The maximum absolute atomic E-state index is 15.0. The number of fused-ring (bicyclic) bond motifs is 6. The Bertz CT molecular complexity index is 1780. The van der Waals surface area contributed by atoms with Gasteiger partial charge in [-0.25, -0.2) is 4.39 Å². The molecule has 0 saturated heterocycles. The Balaban J connectivity index is 1.67. The Kier molecular flexibility index (Phi) is 3.76. The molecule has 0 fully saturated rings. The number of hydrogen-bond donors (Lipinski definition) is 1. The standard InChI is InChI=1S/C30H19FN2/c31-26-13-5-1-9-20(26)24-17-19(18-25-21-10-2-6-14-27(21)32-30(24)25)33-28-15-7-3-11-22(28)23-12-4-8-16-29(23)33/h1-18,32H. The Morgan fingerprint density at radius 2 is 1.15 bits per heavy atom. The number of benzene rings is 5. The molecular weight excluding hydrogens is 407 g/mol. The molecule has 2 aromatic heterocycles. The molecule has 1 N–H and O–H groups in total. The van der Waals surface area contributed by atoms with Crippen LogP contribution in [0.2, 0.25) is 0 Å². The number of para-hydroxylation sites is 3. The van der Waals surface area contributed by atoms with E-state index < -0.39 is 0 Å². The minimum Gasteiger partial charge on any atom is -0.354 e. The minimum atomic E-state index is -0.225. The molecule has 3 heteroatoms. The number of halogens is 1. The molecule has 2 heterocycles. The van der Waals surface area contributed by atoms with Crippen molar-refractivity contribution in [2.75, 3.05) is 0 Å². The van der Waals surface area contributed by atoms with Crippen LogP contribution in [-0.4, -0.2) is 9.55 Å². The van der Waals surface area contributed by atoms with Gasteiger partial charge in [0.15, 0.2) is 0 Å². The quantitative estimate of drug-likeness (QED) is 0.287. The highest BCUT2D eigenvalue weighted by Crippen LogP contribution is 2.39. The maximum Gasteiger partial charge on any atom is 0.131 e. The van der Waals surface area contributed by atoms with E-state index >= 15 is 4.39 Å². The lowest BCUT2D eigenvalue weighted by Gasteiger charge is -2.13. The van der Waals surface area contributed by atoms with Gasteiger partial charge in [-0.3, -0.25) is 0 Å². The molecule has 0 unspecified atom stereocenters. The van der Waals surface area contributed by atoms with Crippen molar-refractivity contribution in [3.63, 3.8) is 0 Å². The molecule has 33 heavy (non-hydrogen) atoms. The van der Waals surface area contributed by atoms with Crippen molar-refractivity contribution >= 4 is 43.6 Å². The molecule has 0 amide bonds. The largest absolute Gasteiger partial charge is 0.354 e. The summed E-state index contributed by atoms with van der Waals surface area (Å²) in [5, 5.41) is 4.63. The summed E-state index contributed by atoms with van der Waals surface area (Å²) in [5.74, 6) is -0.225. The summed E-state index contributed by atoms with van der Waals surface area (Å²) in [6.07, 6.45) is 0. The van der Waals surface area contributed by atoms with E-state index in [1.54, 1.807) is 6.07 Å². The first-order chi connectivity index (χ1) is 16.3. The van der Waals surface area contributed by atoms with Gasteiger partial charge in [0.2, 0.25) is 0 Å². The Hall–Kier alpha value is -4.37. The van der Waals surface area contributed by atoms with E-state index in [0.717, 1.165) is 44.1 Å². The zero-order valence-electron chi connectivity index (χ0n) is 17.7. The zero-order valence-corrected chi connectivity index (χ0v) is 17.7. The minimum absolute atomic E-state index is 0.225. The van der Waals surface area contributed by atoms with Crippen LogP contribution in [0.15, 0.2) is 109 Å². The first kappa shape index (κ1) is 18.2. The molecular formula is C30H19FN2. The van der Waals surface area contributed by atoms with Crippen molar-refractivity contribution in [3.05, 3.63) is 115 Å². The van der Waals surface area contributed by atoms with Gasteiger partial charge < -0.3 is 9.55 Å². The average Bonchev–Trinajstić information content (AvgIpc) is 3.40. The van der Waals surface area contributed by atoms with Gasteiger partial charge in [0.25, 0.3) is 0 Å². The van der Waals surface area contributed by atoms with E-state index in [-0.39, 0.29) is 5.82 Å². The fraction of sp³-hybridized carbons (Fsp3) is 0. The molecule has 0 saturated carbocycles. The normalized spacial score (nSPS) is 11.8. The number of H-pyrrole nitrogens is 1. The van der Waals surface area contributed by atoms with Crippen molar-refractivity contribution in [2.24, 2.45) is 0 Å². The number of nitrogens with zero attached hydrogens (tertiary/aromatic N) is 1. The molecule has 0 aliphatic carbocycles. The predicted molar refractivity (Wildman–Crippen MR) is 136 cm³/mol. The van der Waals surface area contributed by atoms with Gasteiger partial charge in [-0.2, -0.15) is 0 Å². The molecule has 2 nitrogen and oxygen atoms in total. The lowest BCUT2D eigenvalue weighted by atomic mass is 10.00. The fourth-order valence-corrected chi connectivity index (χ4v) is 5.16. The lowest BCUT2D eigenvalue weighted by Crippen LogP contribution is -1.96. The van der Waals surface area contributed by atoms with Crippen molar-refractivity contribution < 1.29 is 4.39 Å². The highest BCUT2D eigenvalue weighted by atomic mass is 19.1. The summed E-state index contributed by atoms with van der Waals surface area (Å²) in [4.78, 5) is 3.54. The van der Waals surface area contributed by atoms with Crippen LogP contribution < -0.4 is 0 Å². The molecule has 7 rings (SSSR count). The number of nitrogens with one attached hydrogen (secondary N) is 1. The second-order valence-corrected chi connectivity index (χ2v) is 8.44. The Morgan fingerprint density at radius 1 is 0.545 bits per heavy atom. The van der Waals surface area contributed by atoms with Gasteiger partial charge in [-0.1, -0.05) is 72.8 Å². The van der Waals surface area contributed by atoms with Gasteiger partial charge >= 0.3 is 0 Å². The van der Waals surface area contributed by atoms with Gasteiger partial charge in [0, 0.05) is 43.9 Å². The van der Waals surface area contributed by atoms with E-state index in [1.807, 2.05) is 24.3 Å². The van der Waals surface area contributed by atoms with E-state index in [1.165, 1.54) is 16.8 Å². The third-order valence-electron chi connectivity index (χ3n) is 6.60. The molecule has 0 spiro atoms. The summed E-state index contributed by atoms with van der Waals surface area (Å²) >= 11 is 0. The van der Waals surface area contributed by atoms with E-state index in [2.05, 4.69) is 82.3 Å². The van der Waals surface area contributed by atoms with Gasteiger partial charge in [-0.05, 0) is 36.4 Å². The molecule has 0 aliphatic heterocycles. The van der Waals surface area contributed by atoms with Crippen molar-refractivity contribution in [2.45, 2.75) is 0 Å². The first-order valence-corrected chi connectivity index (χ1v) is 11.1. The van der Waals surface area contributed by atoms with Crippen LogP contribution in [0.25, 0.3) is 60.4 Å². The van der Waals surface area contributed by atoms with Crippen molar-refractivity contribution in [1.82, 2.24) is 9.55 Å². The first-order valence-electron chi connectivity index (χ1n) is 11.1. The fourth-order valence-electron chi connectivity index (χ4n) is 5.16. The third kappa shape index (κ3) is 2.60. The van der Waals surface area contributed by atoms with Crippen LogP contribution in [-0.2, 0) is 0 Å². The summed E-state index contributed by atoms with van der Waals surface area (Å²) in [7, 11) is 0. The monoisotopic (exact) mass is 426 g/mol. The van der Waals surface area contributed by atoms with Crippen LogP contribution in [0.5, 0.6) is 0 Å². The second-order valence-electron chi connectivity index (χ2n) is 8.44. The van der Waals surface area contributed by atoms with Crippen LogP contribution in [0, 0.1) is 5.82 Å². The summed E-state index contributed by atoms with van der Waals surface area (Å²) in [5.41, 5.74) is 6.74. The van der Waals surface area contributed by atoms with Gasteiger partial charge in [0.05, 0.1) is 16.6 Å². The number of aromatic amines is 1. The SMILES string of the molecule is Fc1ccccc1-c1cc(-n2c3ccccc3c3ccccc32)cc2c1[nH]c1ccccc12. The topological polar surface area (TPSA) is 20.7 Å². The van der Waals surface area contributed by atoms with Crippen molar-refractivity contribution in [3.8, 4) is 16.8 Å². The summed E-state index contributed by atoms with van der Waals surface area (Å²) < 4.78 is 17.3. The number of rotatable bonds is 2. The highest BCUT2D eigenvalue weighted by Gasteiger charge is 2.17. The Morgan fingerprint density at radius 3 is 1.88 bits per heavy atom. The van der Waals surface area contributed by atoms with Crippen LogP contribution in [0.4, 0.5) is 4.39 Å². The molecule has 0 bridgehead atoms. The predicted octanol–water partition coefficient (Wildman–Crippen LogP) is 8.22. The van der Waals surface area contributed by atoms with E-state index in [0.29, 0.717) is 5.56 Å². The Labute approximate surface area is 189 Å². The number of hydrogen-bond acceptors (Lipinski definition) is 0. The van der Waals surface area contributed by atoms with Crippen LogP contribution in [0.3, 0.4) is 0 Å². The summed E-state index contributed by atoms with van der Waals surface area (Å²) in [6, 6.07) is 36.5. The zero-order chi connectivity index (χ0) is 21.9. The maximum atomic E-state index is 15.0. The molecule has 0 aliphatic rings. The molecule has 7 aromatic rings. The molecule has 156 valence electrons. The van der Waals surface area contributed by atoms with Gasteiger partial charge in [-0.15, -0.1) is 0 Å². The smallest absolute Gasteiger partial charge is 0.131 e. The van der Waals surface area contributed by atoms with Crippen LogP contribution >= 0.6 is 0 Å². The van der Waals surface area contributed by atoms with E-state index in [4.69, 9.17) is 0 Å². The molecule has 0 radical (unpaired) electrons. The lowest BCUT2D eigenvalue weighted by molar-refractivity contribution is 0.631.